The number of aryl methyl sites for hydroxylation is 2. The number of rotatable bonds is 5. The molecule has 0 radical (unpaired) electrons. The Morgan fingerprint density at radius 1 is 0.509 bits per heavy atom. The van der Waals surface area contributed by atoms with E-state index in [0.29, 0.717) is 47.9 Å². The molecule has 0 N–H and O–H groups in total. The van der Waals surface area contributed by atoms with Crippen LogP contribution in [0.25, 0.3) is 10.4 Å². The minimum Gasteiger partial charge on any atom is -0.311 e. The number of halogens is 6. The molecule has 1 nitrogen and oxygen atoms in total. The van der Waals surface area contributed by atoms with Crippen LogP contribution in [0.2, 0.25) is 0 Å². The zero-order valence-electron chi connectivity index (χ0n) is 28.6. The smallest absolute Gasteiger partial charge is 0.311 e. The Morgan fingerprint density at radius 3 is 1.43 bits per heavy atom. The monoisotopic (exact) mass is 733 g/mol. The van der Waals surface area contributed by atoms with Crippen molar-refractivity contribution in [1.82, 2.24) is 0 Å². The predicted octanol–water partition coefficient (Wildman–Crippen LogP) is 11.0. The van der Waals surface area contributed by atoms with Crippen LogP contribution in [0.5, 0.6) is 0 Å². The van der Waals surface area contributed by atoms with Gasteiger partial charge in [0.2, 0.25) is 0 Å². The van der Waals surface area contributed by atoms with E-state index in [1.54, 1.807) is 23.5 Å². The minimum atomic E-state index is -4.52. The number of para-hydroxylation sites is 2. The van der Waals surface area contributed by atoms with Crippen molar-refractivity contribution in [1.29, 1.82) is 0 Å². The second kappa shape index (κ2) is 14.1. The maximum atomic E-state index is 14.3. The molecule has 2 aliphatic rings. The Morgan fingerprint density at radius 2 is 0.962 bits per heavy atom. The summed E-state index contributed by atoms with van der Waals surface area (Å²) >= 11 is 1.55. The van der Waals surface area contributed by atoms with E-state index in [-0.39, 0.29) is 12.8 Å². The molecule has 0 unspecified atom stereocenters. The molecule has 53 heavy (non-hydrogen) atoms. The summed E-state index contributed by atoms with van der Waals surface area (Å²) in [6, 6.07) is 37.6. The van der Waals surface area contributed by atoms with E-state index in [4.69, 9.17) is 0 Å². The molecule has 0 saturated carbocycles. The van der Waals surface area contributed by atoms with Crippen LogP contribution < -0.4 is 20.6 Å². The fourth-order valence-electron chi connectivity index (χ4n) is 7.90. The topological polar surface area (TPSA) is 3.24 Å². The van der Waals surface area contributed by atoms with Crippen LogP contribution in [0.1, 0.15) is 46.2 Å². The third-order valence-electron chi connectivity index (χ3n) is 10.3. The highest BCUT2D eigenvalue weighted by atomic mass is 32.1. The summed E-state index contributed by atoms with van der Waals surface area (Å²) in [6.45, 7) is -0.516. The van der Waals surface area contributed by atoms with Gasteiger partial charge in [-0.15, -0.1) is 11.3 Å². The van der Waals surface area contributed by atoms with Crippen LogP contribution in [0, 0.1) is 0 Å². The van der Waals surface area contributed by atoms with Crippen molar-refractivity contribution in [3.63, 3.8) is 0 Å². The minimum absolute atomic E-state index is 0.261. The maximum Gasteiger partial charge on any atom is 0.416 e. The average Bonchev–Trinajstić information content (AvgIpc) is 3.67. The first-order valence-electron chi connectivity index (χ1n) is 17.8. The van der Waals surface area contributed by atoms with Crippen LogP contribution in [-0.2, 0) is 38.0 Å². The van der Waals surface area contributed by atoms with E-state index in [9.17, 15) is 26.3 Å². The Labute approximate surface area is 309 Å². The van der Waals surface area contributed by atoms with Gasteiger partial charge in [-0.2, -0.15) is 26.3 Å². The SMILES string of the molecule is FC(F)(F)c1cc2c3c(c1)CCCCc1cc(C(F)(F)F)cc(c1B3c1ccc(-c3ccc(N(c4ccccc4)c4ccccc4)cc3)s1)CC=CC2. The third-order valence-corrected chi connectivity index (χ3v) is 11.5. The highest BCUT2D eigenvalue weighted by Gasteiger charge is 2.39. The normalized spacial score (nSPS) is 14.4. The van der Waals surface area contributed by atoms with Gasteiger partial charge in [0.25, 0.3) is 6.71 Å². The molecule has 2 bridgehead atoms. The Balaban J connectivity index is 1.27. The molecule has 266 valence electrons. The van der Waals surface area contributed by atoms with Crippen LogP contribution in [0.15, 0.2) is 133 Å². The molecule has 0 saturated heterocycles. The zero-order chi connectivity index (χ0) is 36.7. The van der Waals surface area contributed by atoms with Gasteiger partial charge in [0.05, 0.1) is 11.1 Å². The number of thiophene rings is 1. The van der Waals surface area contributed by atoms with Crippen molar-refractivity contribution < 1.29 is 26.3 Å². The van der Waals surface area contributed by atoms with E-state index < -0.39 is 30.2 Å². The van der Waals surface area contributed by atoms with E-state index in [1.807, 2.05) is 48.5 Å². The second-order valence-electron chi connectivity index (χ2n) is 13.7. The highest BCUT2D eigenvalue weighted by Crippen LogP contribution is 2.37. The summed E-state index contributed by atoms with van der Waals surface area (Å²) in [5.41, 5.74) is 6.57. The summed E-state index contributed by atoms with van der Waals surface area (Å²) in [6.07, 6.45) is -2.93. The first-order chi connectivity index (χ1) is 25.5. The maximum absolute atomic E-state index is 14.3. The van der Waals surface area contributed by atoms with Gasteiger partial charge in [-0.05, 0) is 127 Å². The van der Waals surface area contributed by atoms with Gasteiger partial charge >= 0.3 is 12.4 Å². The number of hydrogen-bond acceptors (Lipinski definition) is 2. The van der Waals surface area contributed by atoms with Crippen LogP contribution in [0.3, 0.4) is 0 Å². The van der Waals surface area contributed by atoms with Gasteiger partial charge < -0.3 is 4.90 Å². The summed E-state index contributed by atoms with van der Waals surface area (Å²) in [4.78, 5) is 3.15. The average molecular weight is 734 g/mol. The fraction of sp³-hybridized carbons (Fsp3) is 0.182. The van der Waals surface area contributed by atoms with Gasteiger partial charge in [0.15, 0.2) is 0 Å². The summed E-state index contributed by atoms with van der Waals surface area (Å²) < 4.78 is 86.6. The molecule has 3 heterocycles. The van der Waals surface area contributed by atoms with Gasteiger partial charge in [0, 0.05) is 21.9 Å². The van der Waals surface area contributed by atoms with Crippen LogP contribution in [-0.4, -0.2) is 6.71 Å². The van der Waals surface area contributed by atoms with Crippen LogP contribution >= 0.6 is 11.3 Å². The molecular formula is C44H34BF6NS. The number of alkyl halides is 6. The molecule has 0 atom stereocenters. The van der Waals surface area contributed by atoms with E-state index in [2.05, 4.69) is 53.4 Å². The van der Waals surface area contributed by atoms with Crippen molar-refractivity contribution in [3.8, 4) is 10.4 Å². The first kappa shape index (κ1) is 35.0. The van der Waals surface area contributed by atoms with Crippen molar-refractivity contribution >= 4 is 50.8 Å². The number of benzene rings is 5. The summed E-state index contributed by atoms with van der Waals surface area (Å²) in [7, 11) is 0. The van der Waals surface area contributed by atoms with Crippen molar-refractivity contribution in [2.75, 3.05) is 4.90 Å². The molecule has 0 spiro atoms. The lowest BCUT2D eigenvalue weighted by atomic mass is 9.36. The number of nitrogens with zero attached hydrogens (tertiary/aromatic N) is 1. The number of allylic oxidation sites excluding steroid dienone is 2. The lowest BCUT2D eigenvalue weighted by Gasteiger charge is -2.26. The van der Waals surface area contributed by atoms with Gasteiger partial charge in [-0.25, -0.2) is 0 Å². The molecule has 0 amide bonds. The molecular weight excluding hydrogens is 699 g/mol. The lowest BCUT2D eigenvalue weighted by Crippen LogP contribution is -2.55. The largest absolute Gasteiger partial charge is 0.416 e. The molecule has 9 heteroatoms. The lowest BCUT2D eigenvalue weighted by molar-refractivity contribution is -0.138. The highest BCUT2D eigenvalue weighted by molar-refractivity contribution is 7.29. The van der Waals surface area contributed by atoms with E-state index >= 15 is 0 Å². The standard InChI is InChI=1S/C44H34BF6NS/c46-43(47,48)34-25-30-11-7-8-12-31-26-35(44(49,50)51)28-33-14-10-9-13-32(27-34)41(30)45(42(31)33)40-24-23-39(53-40)29-19-21-38(22-20-29)52(36-15-3-1-4-16-36)37-17-5-2-6-18-37/h1-8,15-28H,9-14H2. The second-order valence-corrected chi connectivity index (χ2v) is 14.8. The van der Waals surface area contributed by atoms with Gasteiger partial charge in [-0.3, -0.25) is 0 Å². The summed E-state index contributed by atoms with van der Waals surface area (Å²) in [5.74, 6) is 0. The molecule has 8 rings (SSSR count). The van der Waals surface area contributed by atoms with Crippen molar-refractivity contribution in [2.24, 2.45) is 0 Å². The van der Waals surface area contributed by atoms with Gasteiger partial charge in [0.1, 0.15) is 0 Å². The van der Waals surface area contributed by atoms with E-state index in [1.165, 1.54) is 24.3 Å². The zero-order valence-corrected chi connectivity index (χ0v) is 29.5. The first-order valence-corrected chi connectivity index (χ1v) is 18.6. The van der Waals surface area contributed by atoms with Crippen molar-refractivity contribution in [3.05, 3.63) is 167 Å². The number of hydrogen-bond donors (Lipinski definition) is 0. The molecule has 0 fully saturated rings. The third kappa shape index (κ3) is 7.07. The summed E-state index contributed by atoms with van der Waals surface area (Å²) in [5, 5.41) is 0. The van der Waals surface area contributed by atoms with Crippen molar-refractivity contribution in [2.45, 2.75) is 50.9 Å². The fourth-order valence-corrected chi connectivity index (χ4v) is 9.03. The number of anilines is 3. The Kier molecular flexibility index (Phi) is 9.31. The molecule has 0 aliphatic carbocycles. The quantitative estimate of drug-likeness (QED) is 0.0969. The predicted molar refractivity (Wildman–Crippen MR) is 205 cm³/mol. The molecule has 6 aromatic rings. The molecule has 2 aliphatic heterocycles. The Hall–Kier alpha value is -5.02. The van der Waals surface area contributed by atoms with Crippen LogP contribution in [0.4, 0.5) is 43.4 Å². The van der Waals surface area contributed by atoms with E-state index in [0.717, 1.165) is 43.2 Å². The molecule has 1 aromatic heterocycles. The molecule has 5 aromatic carbocycles. The van der Waals surface area contributed by atoms with Gasteiger partial charge in [-0.1, -0.05) is 88.8 Å². The Bertz CT molecular complexity index is 2160.